The van der Waals surface area contributed by atoms with Crippen molar-refractivity contribution < 1.29 is 9.53 Å². The first-order chi connectivity index (χ1) is 9.84. The maximum atomic E-state index is 11.9. The van der Waals surface area contributed by atoms with Gasteiger partial charge in [0.05, 0.1) is 23.5 Å². The van der Waals surface area contributed by atoms with Gasteiger partial charge in [0, 0.05) is 13.1 Å². The van der Waals surface area contributed by atoms with Gasteiger partial charge in [-0.1, -0.05) is 26.8 Å². The van der Waals surface area contributed by atoms with Crippen LogP contribution >= 0.6 is 0 Å². The number of esters is 1. The van der Waals surface area contributed by atoms with E-state index in [-0.39, 0.29) is 5.97 Å². The van der Waals surface area contributed by atoms with Gasteiger partial charge in [0.25, 0.3) is 0 Å². The third-order valence-electron chi connectivity index (χ3n) is 4.33. The van der Waals surface area contributed by atoms with Crippen molar-refractivity contribution in [1.82, 2.24) is 0 Å². The van der Waals surface area contributed by atoms with E-state index >= 15 is 0 Å². The lowest BCUT2D eigenvalue weighted by molar-refractivity contribution is 0.0527. The fraction of sp³-hybridized carbons (Fsp3) is 0.588. The summed E-state index contributed by atoms with van der Waals surface area (Å²) in [4.78, 5) is 14.2. The molecular formula is C17H26N2O2. The second kappa shape index (κ2) is 5.96. The maximum Gasteiger partial charge on any atom is 0.340 e. The van der Waals surface area contributed by atoms with E-state index in [9.17, 15) is 4.79 Å². The molecule has 1 fully saturated rings. The molecule has 116 valence electrons. The van der Waals surface area contributed by atoms with Crippen LogP contribution in [0.2, 0.25) is 0 Å². The van der Waals surface area contributed by atoms with E-state index in [0.29, 0.717) is 29.2 Å². The van der Waals surface area contributed by atoms with Crippen LogP contribution in [0.1, 0.15) is 44.5 Å². The molecule has 1 heterocycles. The van der Waals surface area contributed by atoms with E-state index in [2.05, 4.69) is 25.7 Å². The lowest BCUT2D eigenvalue weighted by atomic mass is 9.80. The topological polar surface area (TPSA) is 55.6 Å². The second-order valence-electron chi connectivity index (χ2n) is 6.76. The summed E-state index contributed by atoms with van der Waals surface area (Å²) in [6, 6.07) is 5.60. The van der Waals surface area contributed by atoms with Crippen molar-refractivity contribution in [1.29, 1.82) is 0 Å². The lowest BCUT2D eigenvalue weighted by Crippen LogP contribution is -2.26. The van der Waals surface area contributed by atoms with E-state index in [1.54, 1.807) is 13.0 Å². The summed E-state index contributed by atoms with van der Waals surface area (Å²) in [7, 11) is 0. The van der Waals surface area contributed by atoms with Gasteiger partial charge in [0.2, 0.25) is 0 Å². The average molecular weight is 290 g/mol. The SMILES string of the molecule is CCOC(=O)c1cccc(N2CCC(C(C)(C)C)C2)c1N. The van der Waals surface area contributed by atoms with Crippen molar-refractivity contribution in [3.63, 3.8) is 0 Å². The van der Waals surface area contributed by atoms with Gasteiger partial charge in [-0.05, 0) is 36.8 Å². The number of hydrogen-bond acceptors (Lipinski definition) is 4. The molecule has 0 aliphatic carbocycles. The number of para-hydroxylation sites is 1. The Morgan fingerprint density at radius 1 is 1.43 bits per heavy atom. The molecule has 1 atom stereocenters. The molecule has 2 rings (SSSR count). The molecule has 1 aromatic carbocycles. The lowest BCUT2D eigenvalue weighted by Gasteiger charge is -2.28. The molecule has 1 aliphatic rings. The van der Waals surface area contributed by atoms with Crippen molar-refractivity contribution in [2.45, 2.75) is 34.1 Å². The van der Waals surface area contributed by atoms with Crippen molar-refractivity contribution in [2.75, 3.05) is 30.3 Å². The third kappa shape index (κ3) is 3.31. The van der Waals surface area contributed by atoms with Gasteiger partial charge in [-0.25, -0.2) is 4.79 Å². The Hall–Kier alpha value is -1.71. The van der Waals surface area contributed by atoms with Gasteiger partial charge in [-0.2, -0.15) is 0 Å². The van der Waals surface area contributed by atoms with Crippen molar-refractivity contribution in [3.8, 4) is 0 Å². The monoisotopic (exact) mass is 290 g/mol. The summed E-state index contributed by atoms with van der Waals surface area (Å²) in [5.41, 5.74) is 8.45. The van der Waals surface area contributed by atoms with Gasteiger partial charge < -0.3 is 15.4 Å². The molecule has 2 N–H and O–H groups in total. The Labute approximate surface area is 127 Å². The smallest absolute Gasteiger partial charge is 0.340 e. The van der Waals surface area contributed by atoms with Crippen molar-refractivity contribution in [2.24, 2.45) is 11.3 Å². The predicted octanol–water partition coefficient (Wildman–Crippen LogP) is 3.32. The van der Waals surface area contributed by atoms with Gasteiger partial charge >= 0.3 is 5.97 Å². The summed E-state index contributed by atoms with van der Waals surface area (Å²) in [5, 5.41) is 0. The van der Waals surface area contributed by atoms with E-state index in [1.807, 2.05) is 12.1 Å². The van der Waals surface area contributed by atoms with Gasteiger partial charge in [0.15, 0.2) is 0 Å². The van der Waals surface area contributed by atoms with E-state index < -0.39 is 0 Å². The number of carbonyl (C=O) groups is 1. The number of carbonyl (C=O) groups excluding carboxylic acids is 1. The summed E-state index contributed by atoms with van der Waals surface area (Å²) in [6.07, 6.45) is 1.16. The fourth-order valence-corrected chi connectivity index (χ4v) is 2.90. The van der Waals surface area contributed by atoms with Gasteiger partial charge in [-0.15, -0.1) is 0 Å². The molecule has 0 bridgehead atoms. The summed E-state index contributed by atoms with van der Waals surface area (Å²) < 4.78 is 5.06. The molecule has 0 radical (unpaired) electrons. The second-order valence-corrected chi connectivity index (χ2v) is 6.76. The summed E-state index contributed by atoms with van der Waals surface area (Å²) in [5.74, 6) is 0.298. The van der Waals surface area contributed by atoms with Gasteiger partial charge in [-0.3, -0.25) is 0 Å². The highest BCUT2D eigenvalue weighted by molar-refractivity contribution is 5.98. The molecular weight excluding hydrogens is 264 g/mol. The molecule has 1 saturated heterocycles. The average Bonchev–Trinajstić information content (AvgIpc) is 2.88. The minimum atomic E-state index is -0.344. The number of nitrogen functional groups attached to an aromatic ring is 1. The minimum absolute atomic E-state index is 0.294. The first-order valence-corrected chi connectivity index (χ1v) is 7.65. The molecule has 21 heavy (non-hydrogen) atoms. The number of nitrogens with two attached hydrogens (primary N) is 1. The quantitative estimate of drug-likeness (QED) is 0.685. The molecule has 4 nitrogen and oxygen atoms in total. The first kappa shape index (κ1) is 15.7. The standard InChI is InChI=1S/C17H26N2O2/c1-5-21-16(20)13-7-6-8-14(15(13)18)19-10-9-12(11-19)17(2,3)4/h6-8,12H,5,9-11,18H2,1-4H3. The van der Waals surface area contributed by atoms with Crippen LogP contribution in [-0.2, 0) is 4.74 Å². The Kier molecular flexibility index (Phi) is 4.45. The highest BCUT2D eigenvalue weighted by Crippen LogP contribution is 2.38. The van der Waals surface area contributed by atoms with Crippen LogP contribution in [0.15, 0.2) is 18.2 Å². The number of rotatable bonds is 3. The number of ether oxygens (including phenoxy) is 1. The number of hydrogen-bond donors (Lipinski definition) is 1. The number of nitrogens with zero attached hydrogens (tertiary/aromatic N) is 1. The van der Waals surface area contributed by atoms with Crippen LogP contribution in [0.25, 0.3) is 0 Å². The number of benzene rings is 1. The Morgan fingerprint density at radius 2 is 2.14 bits per heavy atom. The molecule has 0 spiro atoms. The van der Waals surface area contributed by atoms with Crippen LogP contribution in [0.3, 0.4) is 0 Å². The largest absolute Gasteiger partial charge is 0.462 e. The summed E-state index contributed by atoms with van der Waals surface area (Å²) in [6.45, 7) is 11.0. The van der Waals surface area contributed by atoms with Crippen molar-refractivity contribution in [3.05, 3.63) is 23.8 Å². The van der Waals surface area contributed by atoms with Crippen molar-refractivity contribution >= 4 is 17.3 Å². The molecule has 1 aromatic rings. The minimum Gasteiger partial charge on any atom is -0.462 e. The molecule has 1 unspecified atom stereocenters. The van der Waals surface area contributed by atoms with Crippen LogP contribution < -0.4 is 10.6 Å². The molecule has 0 amide bonds. The Balaban J connectivity index is 2.22. The van der Waals surface area contributed by atoms with E-state index in [1.165, 1.54) is 0 Å². The zero-order chi connectivity index (χ0) is 15.6. The van der Waals surface area contributed by atoms with Crippen LogP contribution in [-0.4, -0.2) is 25.7 Å². The highest BCUT2D eigenvalue weighted by atomic mass is 16.5. The zero-order valence-corrected chi connectivity index (χ0v) is 13.5. The van der Waals surface area contributed by atoms with Crippen LogP contribution in [0, 0.1) is 11.3 Å². The molecule has 0 saturated carbocycles. The maximum absolute atomic E-state index is 11.9. The highest BCUT2D eigenvalue weighted by Gasteiger charge is 2.32. The van der Waals surface area contributed by atoms with Gasteiger partial charge in [0.1, 0.15) is 0 Å². The molecule has 1 aliphatic heterocycles. The zero-order valence-electron chi connectivity index (χ0n) is 13.5. The molecule has 4 heteroatoms. The Morgan fingerprint density at radius 3 is 2.71 bits per heavy atom. The summed E-state index contributed by atoms with van der Waals surface area (Å²) >= 11 is 0. The normalized spacial score (nSPS) is 18.9. The van der Waals surface area contributed by atoms with E-state index in [4.69, 9.17) is 10.5 Å². The molecule has 0 aromatic heterocycles. The Bertz CT molecular complexity index is 520. The third-order valence-corrected chi connectivity index (χ3v) is 4.33. The predicted molar refractivity (Wildman–Crippen MR) is 86.6 cm³/mol. The van der Waals surface area contributed by atoms with Crippen LogP contribution in [0.5, 0.6) is 0 Å². The van der Waals surface area contributed by atoms with E-state index in [0.717, 1.165) is 25.2 Å². The van der Waals surface area contributed by atoms with Crippen LogP contribution in [0.4, 0.5) is 11.4 Å². The fourth-order valence-electron chi connectivity index (χ4n) is 2.90. The first-order valence-electron chi connectivity index (χ1n) is 7.65. The number of anilines is 2.